The van der Waals surface area contributed by atoms with Gasteiger partial charge in [0.25, 0.3) is 0 Å². The maximum atomic E-state index is 15.7. The molecule has 0 fully saturated rings. The Morgan fingerprint density at radius 3 is 1.72 bits per heavy atom. The van der Waals surface area contributed by atoms with Crippen LogP contribution >= 0.6 is 23.2 Å². The number of aliphatic hydroxyl groups excluding tert-OH is 1. The van der Waals surface area contributed by atoms with Crippen molar-refractivity contribution in [1.29, 1.82) is 0 Å². The molecule has 7 aromatic carbocycles. The van der Waals surface area contributed by atoms with E-state index in [1.807, 2.05) is 0 Å². The average molecular weight is 1220 g/mol. The standard InChI is InChI=1S/C58H47Cl2N7O19/c59-32-9-21-1-7-38(32)85-41-16-26-17-42(51(41)74)86-39-8-4-24(14-33(39)60)50(73)49(58(82)83)67-54(77)46(23-3-5-35(70)30(13-23)43-31(45(62)57(80)81)19-28(69)20-37(43)72)65-56(79)48(26)66-55(78)47-25-11-27(68)18-29(12-25)84-40-15-22(2-6-36(40)71)44(61)53(76)63-34(10-21)52(75)64-47/h1-9,11-20,34,44-50,68-74H,10,61-62H2,(H,63,76)(H,64,75)(H,65,79)(H,66,78)(H,67,77)(H,80,81)(H,82,83)/t34-,44+,45-,46-,47-,48-,49+,50-/m0/s1. The first kappa shape index (κ1) is 58.7. The second kappa shape index (κ2) is 23.3. The number of phenolic OH excluding ortho intramolecular Hbond substituents is 6. The monoisotopic (exact) mass is 1220 g/mol. The van der Waals surface area contributed by atoms with Crippen LogP contribution in [0.25, 0.3) is 11.1 Å². The number of aliphatic carboxylic acids is 2. The van der Waals surface area contributed by atoms with Gasteiger partial charge in [-0.05, 0) is 118 Å². The summed E-state index contributed by atoms with van der Waals surface area (Å²) in [5.74, 6) is -15.8. The second-order valence-electron chi connectivity index (χ2n) is 20.0. The maximum absolute atomic E-state index is 15.7. The molecule has 12 rings (SSSR count). The number of halogens is 2. The molecule has 28 heteroatoms. The Labute approximate surface area is 493 Å². The SMILES string of the molecule is N[C@H](C(=O)O)c1cc(O)cc(O)c1-c1cc([C@@H]2NC(=O)[C@H]3NC(=O)[C@H]4NC(=O)[C@H](Cc5ccc(c(Cl)c5)Oc5cc3cc(c5O)Oc3ccc(cc3Cl)[C@H](O)[C@H](C(=O)O)NC2=O)NC(=O)[C@H](N)c2ccc(O)c(c2)Oc2cc(O)cc4c2)ccc1O. The Hall–Kier alpha value is -10.5. The normalized spacial score (nSPS) is 20.8. The van der Waals surface area contributed by atoms with Crippen LogP contribution in [-0.4, -0.2) is 99.5 Å². The lowest BCUT2D eigenvalue weighted by Crippen LogP contribution is -2.54. The Morgan fingerprint density at radius 2 is 1.08 bits per heavy atom. The second-order valence-corrected chi connectivity index (χ2v) is 20.8. The molecular formula is C58H47Cl2N7O19. The zero-order valence-electron chi connectivity index (χ0n) is 43.8. The largest absolute Gasteiger partial charge is 0.508 e. The molecule has 7 aromatic rings. The summed E-state index contributed by atoms with van der Waals surface area (Å²) in [6.45, 7) is 0. The van der Waals surface area contributed by atoms with Gasteiger partial charge in [-0.3, -0.25) is 28.8 Å². The number of nitrogens with two attached hydrogens (primary N) is 2. The van der Waals surface area contributed by atoms with Crippen molar-refractivity contribution in [3.63, 3.8) is 0 Å². The highest BCUT2D eigenvalue weighted by molar-refractivity contribution is 6.32. The van der Waals surface area contributed by atoms with E-state index in [0.29, 0.717) is 5.56 Å². The third kappa shape index (κ3) is 11.7. The maximum Gasteiger partial charge on any atom is 0.329 e. The molecule has 5 amide bonds. The minimum atomic E-state index is -2.28. The number of ether oxygens (including phenoxy) is 3. The summed E-state index contributed by atoms with van der Waals surface area (Å²) < 4.78 is 18.3. The Balaban J connectivity index is 1.20. The van der Waals surface area contributed by atoms with Crippen molar-refractivity contribution in [3.05, 3.63) is 164 Å². The summed E-state index contributed by atoms with van der Waals surface area (Å²) in [6.07, 6.45) is -2.50. The predicted molar refractivity (Wildman–Crippen MR) is 299 cm³/mol. The molecule has 8 atom stereocenters. The number of hydrogen-bond acceptors (Lipinski definition) is 19. The van der Waals surface area contributed by atoms with Crippen molar-refractivity contribution in [1.82, 2.24) is 26.6 Å². The summed E-state index contributed by atoms with van der Waals surface area (Å²) in [4.78, 5) is 100. The van der Waals surface area contributed by atoms with Crippen molar-refractivity contribution in [2.45, 2.75) is 54.8 Å². The van der Waals surface area contributed by atoms with Crippen LogP contribution < -0.4 is 52.3 Å². The molecule has 0 saturated heterocycles. The minimum absolute atomic E-state index is 0.104. The molecule has 5 aliphatic heterocycles. The third-order valence-electron chi connectivity index (χ3n) is 14.2. The van der Waals surface area contributed by atoms with Gasteiger partial charge >= 0.3 is 11.9 Å². The molecular weight excluding hydrogens is 1170 g/mol. The van der Waals surface area contributed by atoms with Crippen LogP contribution in [0.15, 0.2) is 115 Å². The summed E-state index contributed by atoms with van der Waals surface area (Å²) >= 11 is 13.5. The van der Waals surface area contributed by atoms with Gasteiger partial charge < -0.3 is 98.2 Å². The number of carbonyl (C=O) groups is 7. The van der Waals surface area contributed by atoms with E-state index in [0.717, 1.165) is 66.7 Å². The van der Waals surface area contributed by atoms with E-state index in [4.69, 9.17) is 48.9 Å². The molecule has 5 heterocycles. The van der Waals surface area contributed by atoms with E-state index in [1.165, 1.54) is 48.5 Å². The van der Waals surface area contributed by atoms with Crippen LogP contribution in [0.4, 0.5) is 0 Å². The van der Waals surface area contributed by atoms with Gasteiger partial charge in [0.05, 0.1) is 10.0 Å². The molecule has 13 bridgehead atoms. The van der Waals surface area contributed by atoms with Crippen molar-refractivity contribution in [2.75, 3.05) is 0 Å². The van der Waals surface area contributed by atoms with Crippen LogP contribution in [0.1, 0.15) is 75.3 Å². The molecule has 0 saturated carbocycles. The highest BCUT2D eigenvalue weighted by atomic mass is 35.5. The number of phenols is 6. The Morgan fingerprint density at radius 1 is 0.523 bits per heavy atom. The van der Waals surface area contributed by atoms with Gasteiger partial charge in [0.15, 0.2) is 29.0 Å². The summed E-state index contributed by atoms with van der Waals surface area (Å²) in [5, 5.41) is 111. The summed E-state index contributed by atoms with van der Waals surface area (Å²) in [6, 6.07) is 7.34. The van der Waals surface area contributed by atoms with Gasteiger partial charge in [-0.15, -0.1) is 0 Å². The quantitative estimate of drug-likeness (QED) is 0.109. The summed E-state index contributed by atoms with van der Waals surface area (Å²) in [7, 11) is 0. The van der Waals surface area contributed by atoms with Crippen LogP contribution in [-0.2, 0) is 40.0 Å². The third-order valence-corrected chi connectivity index (χ3v) is 14.8. The number of hydrogen-bond donors (Lipinski definition) is 16. The molecule has 86 heavy (non-hydrogen) atoms. The first-order valence-electron chi connectivity index (χ1n) is 25.5. The predicted octanol–water partition coefficient (Wildman–Crippen LogP) is 4.90. The molecule has 0 aliphatic carbocycles. The fraction of sp³-hybridized carbons (Fsp3) is 0.155. The van der Waals surface area contributed by atoms with Crippen LogP contribution in [0.2, 0.25) is 10.0 Å². The van der Waals surface area contributed by atoms with Gasteiger partial charge in [-0.2, -0.15) is 0 Å². The van der Waals surface area contributed by atoms with Crippen LogP contribution in [0.3, 0.4) is 0 Å². The van der Waals surface area contributed by atoms with Gasteiger partial charge in [-0.25, -0.2) is 4.79 Å². The van der Waals surface area contributed by atoms with E-state index in [9.17, 15) is 65.1 Å². The smallest absolute Gasteiger partial charge is 0.329 e. The van der Waals surface area contributed by atoms with E-state index < -0.39 is 158 Å². The number of carboxylic acids is 2. The van der Waals surface area contributed by atoms with E-state index in [2.05, 4.69) is 26.6 Å². The van der Waals surface area contributed by atoms with Crippen molar-refractivity contribution in [2.24, 2.45) is 11.5 Å². The van der Waals surface area contributed by atoms with E-state index >= 15 is 14.4 Å². The van der Waals surface area contributed by atoms with Gasteiger partial charge in [0, 0.05) is 29.7 Å². The lowest BCUT2D eigenvalue weighted by atomic mass is 9.90. The number of aliphatic hydroxyl groups is 1. The summed E-state index contributed by atoms with van der Waals surface area (Å²) in [5.41, 5.74) is 10.1. The number of amides is 5. The number of aromatic hydroxyl groups is 6. The van der Waals surface area contributed by atoms with Gasteiger partial charge in [-0.1, -0.05) is 47.5 Å². The van der Waals surface area contributed by atoms with E-state index in [-0.39, 0.29) is 61.7 Å². The number of rotatable bonds is 5. The minimum Gasteiger partial charge on any atom is -0.508 e. The highest BCUT2D eigenvalue weighted by Gasteiger charge is 2.39. The average Bonchev–Trinajstić information content (AvgIpc) is 1.31. The Kier molecular flexibility index (Phi) is 15.9. The molecule has 0 aromatic heterocycles. The zero-order valence-corrected chi connectivity index (χ0v) is 45.3. The number of carboxylic acid groups (broad SMARTS) is 2. The molecule has 5 aliphatic rings. The van der Waals surface area contributed by atoms with Crippen molar-refractivity contribution < 1.29 is 93.7 Å². The molecule has 0 spiro atoms. The first-order valence-corrected chi connectivity index (χ1v) is 26.3. The van der Waals surface area contributed by atoms with Crippen molar-refractivity contribution in [3.8, 4) is 80.1 Å². The number of fused-ring (bicyclic) bond motifs is 15. The number of nitrogens with one attached hydrogen (secondary N) is 5. The fourth-order valence-electron chi connectivity index (χ4n) is 9.86. The zero-order chi connectivity index (χ0) is 61.7. The lowest BCUT2D eigenvalue weighted by molar-refractivity contribution is -0.146. The highest BCUT2D eigenvalue weighted by Crippen LogP contribution is 2.48. The fourth-order valence-corrected chi connectivity index (χ4v) is 10.3. The lowest BCUT2D eigenvalue weighted by Gasteiger charge is -2.29. The molecule has 0 unspecified atom stereocenters. The van der Waals surface area contributed by atoms with Crippen LogP contribution in [0, 0.1) is 0 Å². The molecule has 0 radical (unpaired) electrons. The Bertz CT molecular complexity index is 4020. The first-order chi connectivity index (χ1) is 40.8. The molecule has 442 valence electrons. The van der Waals surface area contributed by atoms with Crippen molar-refractivity contribution >= 4 is 64.7 Å². The number of benzene rings is 7. The van der Waals surface area contributed by atoms with Crippen LogP contribution in [0.5, 0.6) is 69.0 Å². The van der Waals surface area contributed by atoms with E-state index in [1.54, 1.807) is 0 Å². The van der Waals surface area contributed by atoms with Gasteiger partial charge in [0.2, 0.25) is 35.3 Å². The molecule has 18 N–H and O–H groups in total. The topological polar surface area (TPSA) is 441 Å². The van der Waals surface area contributed by atoms with Gasteiger partial charge in [0.1, 0.15) is 82.6 Å². The molecule has 26 nitrogen and oxygen atoms in total. The number of carbonyl (C=O) groups excluding carboxylic acids is 5.